The Balaban J connectivity index is 1.66. The Bertz CT molecular complexity index is 1120. The van der Waals surface area contributed by atoms with Gasteiger partial charge in [0.1, 0.15) is 11.4 Å². The van der Waals surface area contributed by atoms with Crippen molar-refractivity contribution in [3.05, 3.63) is 72.2 Å². The zero-order chi connectivity index (χ0) is 24.8. The zero-order valence-corrected chi connectivity index (χ0v) is 20.9. The maximum absolute atomic E-state index is 12.5. The molecular formula is C28H33N3O4. The Morgan fingerprint density at radius 1 is 1.06 bits per heavy atom. The lowest BCUT2D eigenvalue weighted by Gasteiger charge is -2.26. The number of pyridine rings is 2. The maximum atomic E-state index is 12.5. The molecule has 0 bridgehead atoms. The molecule has 1 aliphatic rings. The highest BCUT2D eigenvalue weighted by Crippen LogP contribution is 2.37. The topological polar surface area (TPSA) is 73.8 Å². The molecule has 3 aromatic rings. The molecule has 0 spiro atoms. The van der Waals surface area contributed by atoms with Gasteiger partial charge in [-0.3, -0.25) is 4.98 Å². The van der Waals surface area contributed by atoms with Crippen LogP contribution in [0.5, 0.6) is 11.5 Å². The summed E-state index contributed by atoms with van der Waals surface area (Å²) < 4.78 is 17.4. The fourth-order valence-electron chi connectivity index (χ4n) is 4.09. The first-order valence-electron chi connectivity index (χ1n) is 12.0. The average molecular weight is 476 g/mol. The van der Waals surface area contributed by atoms with Crippen LogP contribution in [-0.2, 0) is 11.3 Å². The third kappa shape index (κ3) is 6.50. The van der Waals surface area contributed by atoms with E-state index in [1.807, 2.05) is 63.4 Å². The second-order valence-electron chi connectivity index (χ2n) is 9.71. The second kappa shape index (κ2) is 10.8. The van der Waals surface area contributed by atoms with Gasteiger partial charge in [-0.2, -0.15) is 0 Å². The minimum absolute atomic E-state index is 0.206. The Kier molecular flexibility index (Phi) is 7.54. The summed E-state index contributed by atoms with van der Waals surface area (Å²) in [4.78, 5) is 23.4. The number of hydrogen-bond donors (Lipinski definition) is 0. The highest BCUT2D eigenvalue weighted by molar-refractivity contribution is 5.89. The first-order chi connectivity index (χ1) is 16.8. The summed E-state index contributed by atoms with van der Waals surface area (Å²) in [6.07, 6.45) is 9.84. The normalized spacial score (nSPS) is 13.9. The van der Waals surface area contributed by atoms with Crippen molar-refractivity contribution >= 4 is 17.5 Å². The van der Waals surface area contributed by atoms with E-state index >= 15 is 0 Å². The lowest BCUT2D eigenvalue weighted by atomic mass is 10.2. The summed E-state index contributed by atoms with van der Waals surface area (Å²) in [7, 11) is 1.65. The molecule has 184 valence electrons. The molecule has 1 saturated carbocycles. The molecule has 2 aromatic heterocycles. The number of methoxy groups -OCH3 is 1. The number of carbonyl (C=O) groups is 1. The molecule has 2 heterocycles. The third-order valence-electron chi connectivity index (χ3n) is 5.78. The van der Waals surface area contributed by atoms with Crippen LogP contribution in [0.25, 0.3) is 0 Å². The summed E-state index contributed by atoms with van der Waals surface area (Å²) in [5, 5.41) is 0. The Hall–Kier alpha value is -3.61. The molecule has 0 saturated heterocycles. The lowest BCUT2D eigenvalue weighted by Crippen LogP contribution is -2.24. The van der Waals surface area contributed by atoms with Crippen molar-refractivity contribution in [1.82, 2.24) is 9.97 Å². The Morgan fingerprint density at radius 3 is 2.49 bits per heavy atom. The minimum Gasteiger partial charge on any atom is -0.493 e. The van der Waals surface area contributed by atoms with Crippen molar-refractivity contribution in [2.24, 2.45) is 0 Å². The van der Waals surface area contributed by atoms with Crippen LogP contribution < -0.4 is 14.4 Å². The number of rotatable bonds is 8. The number of anilines is 2. The van der Waals surface area contributed by atoms with Gasteiger partial charge in [-0.05, 0) is 82.3 Å². The largest absolute Gasteiger partial charge is 0.493 e. The van der Waals surface area contributed by atoms with Crippen molar-refractivity contribution < 1.29 is 19.0 Å². The van der Waals surface area contributed by atoms with Crippen molar-refractivity contribution in [3.8, 4) is 11.5 Å². The molecule has 0 N–H and O–H groups in total. The number of nitrogens with zero attached hydrogens (tertiary/aromatic N) is 3. The third-order valence-corrected chi connectivity index (χ3v) is 5.78. The quantitative estimate of drug-likeness (QED) is 0.364. The number of esters is 1. The number of ether oxygens (including phenoxy) is 3. The molecule has 0 aliphatic heterocycles. The van der Waals surface area contributed by atoms with E-state index in [1.54, 1.807) is 25.6 Å². The molecule has 0 amide bonds. The molecule has 0 unspecified atom stereocenters. The molecule has 1 aromatic carbocycles. The fraction of sp³-hybridized carbons (Fsp3) is 0.393. The van der Waals surface area contributed by atoms with Gasteiger partial charge in [0.2, 0.25) is 0 Å². The summed E-state index contributed by atoms with van der Waals surface area (Å²) >= 11 is 0. The van der Waals surface area contributed by atoms with Crippen LogP contribution >= 0.6 is 0 Å². The molecule has 4 rings (SSSR count). The van der Waals surface area contributed by atoms with E-state index in [0.717, 1.165) is 29.8 Å². The highest BCUT2D eigenvalue weighted by Gasteiger charge is 2.22. The van der Waals surface area contributed by atoms with Gasteiger partial charge in [0.05, 0.1) is 25.3 Å². The van der Waals surface area contributed by atoms with Crippen molar-refractivity contribution in [2.45, 2.75) is 64.7 Å². The van der Waals surface area contributed by atoms with E-state index in [4.69, 9.17) is 14.2 Å². The molecule has 7 heteroatoms. The fourth-order valence-corrected chi connectivity index (χ4v) is 4.09. The molecule has 1 aliphatic carbocycles. The van der Waals surface area contributed by atoms with Gasteiger partial charge in [-0.25, -0.2) is 9.78 Å². The molecular weight excluding hydrogens is 442 g/mol. The van der Waals surface area contributed by atoms with Gasteiger partial charge in [-0.1, -0.05) is 6.07 Å². The predicted molar refractivity (Wildman–Crippen MR) is 135 cm³/mol. The van der Waals surface area contributed by atoms with Gasteiger partial charge >= 0.3 is 5.97 Å². The van der Waals surface area contributed by atoms with Crippen molar-refractivity contribution in [2.75, 3.05) is 12.0 Å². The van der Waals surface area contributed by atoms with Crippen molar-refractivity contribution in [1.29, 1.82) is 0 Å². The number of benzene rings is 1. The van der Waals surface area contributed by atoms with Crippen LogP contribution in [0.2, 0.25) is 0 Å². The first-order valence-corrected chi connectivity index (χ1v) is 12.0. The van der Waals surface area contributed by atoms with Crippen LogP contribution in [0.15, 0.2) is 61.1 Å². The first kappa shape index (κ1) is 24.5. The monoisotopic (exact) mass is 475 g/mol. The summed E-state index contributed by atoms with van der Waals surface area (Å²) in [6, 6.07) is 13.4. The van der Waals surface area contributed by atoms with E-state index in [9.17, 15) is 4.79 Å². The van der Waals surface area contributed by atoms with Crippen molar-refractivity contribution in [3.63, 3.8) is 0 Å². The second-order valence-corrected chi connectivity index (χ2v) is 9.71. The van der Waals surface area contributed by atoms with E-state index in [2.05, 4.69) is 14.9 Å². The standard InChI is InChI=1S/C28H33N3O4/c1-28(2,3)35-27(32)21-11-14-26(30-18-21)31(19-20-8-7-15-29-17-20)22-12-13-24(33-4)25(16-22)34-23-9-5-6-10-23/h7-8,11-18,23H,5-6,9-10,19H2,1-4H3. The highest BCUT2D eigenvalue weighted by atomic mass is 16.6. The minimum atomic E-state index is -0.569. The van der Waals surface area contributed by atoms with Crippen LogP contribution in [0.3, 0.4) is 0 Å². The number of aromatic nitrogens is 2. The molecule has 0 radical (unpaired) electrons. The van der Waals surface area contributed by atoms with Gasteiger partial charge in [0.15, 0.2) is 11.5 Å². The number of hydrogen-bond acceptors (Lipinski definition) is 7. The Labute approximate surface area is 207 Å². The van der Waals surface area contributed by atoms with E-state index in [1.165, 1.54) is 12.8 Å². The van der Waals surface area contributed by atoms with Gasteiger partial charge in [0.25, 0.3) is 0 Å². The van der Waals surface area contributed by atoms with Gasteiger partial charge in [-0.15, -0.1) is 0 Å². The van der Waals surface area contributed by atoms with E-state index < -0.39 is 11.6 Å². The summed E-state index contributed by atoms with van der Waals surface area (Å²) in [5.74, 6) is 1.72. The molecule has 7 nitrogen and oxygen atoms in total. The van der Waals surface area contributed by atoms with E-state index in [0.29, 0.717) is 23.7 Å². The number of carbonyl (C=O) groups excluding carboxylic acids is 1. The van der Waals surface area contributed by atoms with Gasteiger partial charge in [0, 0.05) is 30.3 Å². The lowest BCUT2D eigenvalue weighted by molar-refractivity contribution is 0.00691. The SMILES string of the molecule is COc1ccc(N(Cc2cccnc2)c2ccc(C(=O)OC(C)(C)C)cn2)cc1OC1CCCC1. The summed E-state index contributed by atoms with van der Waals surface area (Å²) in [5.41, 5.74) is 1.77. The zero-order valence-electron chi connectivity index (χ0n) is 20.9. The van der Waals surface area contributed by atoms with Crippen LogP contribution in [0.4, 0.5) is 11.5 Å². The van der Waals surface area contributed by atoms with Gasteiger partial charge < -0.3 is 19.1 Å². The molecule has 35 heavy (non-hydrogen) atoms. The van der Waals surface area contributed by atoms with Crippen LogP contribution in [0, 0.1) is 0 Å². The molecule has 1 fully saturated rings. The van der Waals surface area contributed by atoms with Crippen LogP contribution in [-0.4, -0.2) is 34.8 Å². The summed E-state index contributed by atoms with van der Waals surface area (Å²) in [6.45, 7) is 6.08. The molecule has 0 atom stereocenters. The smallest absolute Gasteiger partial charge is 0.340 e. The van der Waals surface area contributed by atoms with Crippen LogP contribution in [0.1, 0.15) is 62.4 Å². The van der Waals surface area contributed by atoms with E-state index in [-0.39, 0.29) is 6.10 Å². The maximum Gasteiger partial charge on any atom is 0.340 e. The predicted octanol–water partition coefficient (Wildman–Crippen LogP) is 6.10. The average Bonchev–Trinajstić information content (AvgIpc) is 3.35. The Morgan fingerprint density at radius 2 is 1.86 bits per heavy atom.